The Bertz CT molecular complexity index is 946. The van der Waals surface area contributed by atoms with Gasteiger partial charge in [0.1, 0.15) is 12.4 Å². The standard InChI is InChI=1S/C19H21FN2O4S/c1-2-26-11-5-10-21-19(23)13-22-17-9-8-14(20)12-16(17)15-6-3-4-7-18(15)27(22,24)25/h3-4,6-9,12H,2,5,10-11,13H2,1H3,(H,21,23). The third kappa shape index (κ3) is 3.96. The minimum atomic E-state index is -3.92. The van der Waals surface area contributed by atoms with Crippen molar-refractivity contribution in [1.82, 2.24) is 5.32 Å². The molecular formula is C19H21FN2O4S. The predicted octanol–water partition coefficient (Wildman–Crippen LogP) is 2.54. The molecule has 2 aromatic carbocycles. The molecule has 0 aromatic heterocycles. The summed E-state index contributed by atoms with van der Waals surface area (Å²) in [5.41, 5.74) is 1.17. The van der Waals surface area contributed by atoms with E-state index in [-0.39, 0.29) is 11.4 Å². The number of halogens is 1. The van der Waals surface area contributed by atoms with Crippen LogP contribution in [0.3, 0.4) is 0 Å². The molecule has 0 bridgehead atoms. The van der Waals surface area contributed by atoms with E-state index < -0.39 is 21.7 Å². The topological polar surface area (TPSA) is 75.7 Å². The summed E-state index contributed by atoms with van der Waals surface area (Å²) in [6.07, 6.45) is 0.636. The molecule has 0 saturated carbocycles. The van der Waals surface area contributed by atoms with Gasteiger partial charge in [-0.3, -0.25) is 9.10 Å². The number of rotatable bonds is 7. The molecule has 1 N–H and O–H groups in total. The Morgan fingerprint density at radius 1 is 1.19 bits per heavy atom. The van der Waals surface area contributed by atoms with Crippen molar-refractivity contribution >= 4 is 21.6 Å². The third-order valence-electron chi connectivity index (χ3n) is 4.25. The number of fused-ring (bicyclic) bond motifs is 3. The molecule has 0 aliphatic carbocycles. The molecule has 27 heavy (non-hydrogen) atoms. The molecule has 0 atom stereocenters. The first-order valence-electron chi connectivity index (χ1n) is 8.71. The highest BCUT2D eigenvalue weighted by Crippen LogP contribution is 2.42. The Kier molecular flexibility index (Phi) is 5.76. The summed E-state index contributed by atoms with van der Waals surface area (Å²) in [6.45, 7) is 3.03. The first-order valence-corrected chi connectivity index (χ1v) is 10.1. The maximum atomic E-state index is 13.8. The highest BCUT2D eigenvalue weighted by molar-refractivity contribution is 7.93. The van der Waals surface area contributed by atoms with Crippen LogP contribution in [0.2, 0.25) is 0 Å². The number of anilines is 1. The van der Waals surface area contributed by atoms with Gasteiger partial charge in [-0.1, -0.05) is 18.2 Å². The normalized spacial score (nSPS) is 14.4. The number of amides is 1. The average molecular weight is 392 g/mol. The second-order valence-electron chi connectivity index (χ2n) is 6.07. The van der Waals surface area contributed by atoms with Crippen molar-refractivity contribution in [3.63, 3.8) is 0 Å². The number of ether oxygens (including phenoxy) is 1. The molecule has 144 valence electrons. The zero-order chi connectivity index (χ0) is 19.4. The van der Waals surface area contributed by atoms with Crippen LogP contribution >= 0.6 is 0 Å². The summed E-state index contributed by atoms with van der Waals surface area (Å²) in [5.74, 6) is -0.895. The summed E-state index contributed by atoms with van der Waals surface area (Å²) < 4.78 is 46.1. The van der Waals surface area contributed by atoms with Gasteiger partial charge in [-0.2, -0.15) is 0 Å². The van der Waals surface area contributed by atoms with E-state index in [4.69, 9.17) is 4.74 Å². The molecule has 8 heteroatoms. The van der Waals surface area contributed by atoms with Crippen LogP contribution in [0.15, 0.2) is 47.4 Å². The Hall–Kier alpha value is -2.45. The van der Waals surface area contributed by atoms with E-state index in [0.717, 1.165) is 4.31 Å². The summed E-state index contributed by atoms with van der Waals surface area (Å²) in [7, 11) is -3.92. The van der Waals surface area contributed by atoms with Crippen molar-refractivity contribution in [2.24, 2.45) is 0 Å². The molecule has 1 heterocycles. The van der Waals surface area contributed by atoms with Gasteiger partial charge in [-0.05, 0) is 37.6 Å². The number of hydrogen-bond acceptors (Lipinski definition) is 4. The number of nitrogens with one attached hydrogen (secondary N) is 1. The summed E-state index contributed by atoms with van der Waals surface area (Å²) >= 11 is 0. The zero-order valence-corrected chi connectivity index (χ0v) is 15.8. The Morgan fingerprint density at radius 2 is 1.96 bits per heavy atom. The van der Waals surface area contributed by atoms with Crippen LogP contribution in [0, 0.1) is 5.82 Å². The molecule has 0 saturated heterocycles. The zero-order valence-electron chi connectivity index (χ0n) is 14.9. The van der Waals surface area contributed by atoms with Crippen LogP contribution in [-0.2, 0) is 19.6 Å². The van der Waals surface area contributed by atoms with Gasteiger partial charge in [0, 0.05) is 30.9 Å². The van der Waals surface area contributed by atoms with Crippen LogP contribution in [0.25, 0.3) is 11.1 Å². The summed E-state index contributed by atoms with van der Waals surface area (Å²) in [5, 5.41) is 2.69. The van der Waals surface area contributed by atoms with E-state index in [9.17, 15) is 17.6 Å². The van der Waals surface area contributed by atoms with Crippen molar-refractivity contribution in [3.8, 4) is 11.1 Å². The minimum absolute atomic E-state index is 0.0623. The van der Waals surface area contributed by atoms with E-state index in [2.05, 4.69) is 5.32 Å². The van der Waals surface area contributed by atoms with Crippen molar-refractivity contribution in [1.29, 1.82) is 0 Å². The van der Waals surface area contributed by atoms with E-state index in [1.165, 1.54) is 24.3 Å². The lowest BCUT2D eigenvalue weighted by atomic mass is 10.0. The monoisotopic (exact) mass is 392 g/mol. The number of benzene rings is 2. The van der Waals surface area contributed by atoms with E-state index in [1.54, 1.807) is 18.2 Å². The van der Waals surface area contributed by atoms with E-state index in [1.807, 2.05) is 6.92 Å². The maximum absolute atomic E-state index is 13.8. The SMILES string of the molecule is CCOCCCNC(=O)CN1c2ccc(F)cc2-c2ccccc2S1(=O)=O. The Balaban J connectivity index is 1.86. The molecule has 1 aliphatic heterocycles. The lowest BCUT2D eigenvalue weighted by Gasteiger charge is -2.31. The van der Waals surface area contributed by atoms with Gasteiger partial charge in [-0.15, -0.1) is 0 Å². The molecule has 0 unspecified atom stereocenters. The van der Waals surface area contributed by atoms with Crippen LogP contribution in [0.4, 0.5) is 10.1 Å². The lowest BCUT2D eigenvalue weighted by Crippen LogP contribution is -2.42. The fourth-order valence-electron chi connectivity index (χ4n) is 3.01. The van der Waals surface area contributed by atoms with Crippen molar-refractivity contribution in [2.45, 2.75) is 18.2 Å². The summed E-state index contributed by atoms with van der Waals surface area (Å²) in [4.78, 5) is 12.4. The number of carbonyl (C=O) groups is 1. The second kappa shape index (κ2) is 8.06. The fourth-order valence-corrected chi connectivity index (χ4v) is 4.66. The first kappa shape index (κ1) is 19.3. The van der Waals surface area contributed by atoms with Crippen molar-refractivity contribution in [2.75, 3.05) is 30.6 Å². The first-order chi connectivity index (χ1) is 12.9. The molecule has 1 amide bonds. The smallest absolute Gasteiger partial charge is 0.265 e. The number of sulfonamides is 1. The van der Waals surface area contributed by atoms with Crippen LogP contribution < -0.4 is 9.62 Å². The van der Waals surface area contributed by atoms with E-state index in [0.29, 0.717) is 43.0 Å². The van der Waals surface area contributed by atoms with Gasteiger partial charge in [0.15, 0.2) is 0 Å². The molecule has 2 aromatic rings. The van der Waals surface area contributed by atoms with Crippen LogP contribution in [-0.4, -0.2) is 40.6 Å². The van der Waals surface area contributed by atoms with E-state index >= 15 is 0 Å². The van der Waals surface area contributed by atoms with Crippen molar-refractivity contribution < 1.29 is 22.3 Å². The fraction of sp³-hybridized carbons (Fsp3) is 0.316. The number of hydrogen-bond donors (Lipinski definition) is 1. The van der Waals surface area contributed by atoms with Gasteiger partial charge in [0.2, 0.25) is 5.91 Å². The average Bonchev–Trinajstić information content (AvgIpc) is 2.65. The molecule has 6 nitrogen and oxygen atoms in total. The molecule has 0 spiro atoms. The number of nitrogens with zero attached hydrogens (tertiary/aromatic N) is 1. The molecule has 0 radical (unpaired) electrons. The molecule has 3 rings (SSSR count). The minimum Gasteiger partial charge on any atom is -0.382 e. The Labute approximate surface area is 158 Å². The molecular weight excluding hydrogens is 371 g/mol. The highest BCUT2D eigenvalue weighted by Gasteiger charge is 2.35. The maximum Gasteiger partial charge on any atom is 0.265 e. The van der Waals surface area contributed by atoms with Gasteiger partial charge in [0.05, 0.1) is 10.6 Å². The van der Waals surface area contributed by atoms with Gasteiger partial charge < -0.3 is 10.1 Å². The van der Waals surface area contributed by atoms with Crippen LogP contribution in [0.5, 0.6) is 0 Å². The molecule has 1 aliphatic rings. The largest absolute Gasteiger partial charge is 0.382 e. The van der Waals surface area contributed by atoms with Gasteiger partial charge in [0.25, 0.3) is 10.0 Å². The lowest BCUT2D eigenvalue weighted by molar-refractivity contribution is -0.119. The summed E-state index contributed by atoms with van der Waals surface area (Å²) in [6, 6.07) is 10.3. The van der Waals surface area contributed by atoms with Crippen LogP contribution in [0.1, 0.15) is 13.3 Å². The van der Waals surface area contributed by atoms with Gasteiger partial charge >= 0.3 is 0 Å². The second-order valence-corrected chi connectivity index (χ2v) is 7.90. The number of carbonyl (C=O) groups excluding carboxylic acids is 1. The highest BCUT2D eigenvalue weighted by atomic mass is 32.2. The predicted molar refractivity (Wildman–Crippen MR) is 100 cm³/mol. The quantitative estimate of drug-likeness (QED) is 0.735. The van der Waals surface area contributed by atoms with Gasteiger partial charge in [-0.25, -0.2) is 12.8 Å². The van der Waals surface area contributed by atoms with Crippen molar-refractivity contribution in [3.05, 3.63) is 48.3 Å². The molecule has 0 fully saturated rings. The third-order valence-corrected chi connectivity index (χ3v) is 6.07. The Morgan fingerprint density at radius 3 is 2.74 bits per heavy atom.